The van der Waals surface area contributed by atoms with Crippen molar-refractivity contribution < 1.29 is 14.4 Å². The molecule has 0 saturated carbocycles. The Hall–Kier alpha value is -2.37. The molecule has 0 unspecified atom stereocenters. The molecule has 6 heteroatoms. The first-order chi connectivity index (χ1) is 9.46. The topological polar surface area (TPSA) is 78.5 Å². The Morgan fingerprint density at radius 2 is 1.95 bits per heavy atom. The highest BCUT2D eigenvalue weighted by atomic mass is 16.2. The Kier molecular flexibility index (Phi) is 3.74. The number of hydrogen-bond acceptors (Lipinski definition) is 3. The van der Waals surface area contributed by atoms with Crippen LogP contribution < -0.4 is 10.6 Å². The molecular formula is C14H17N3O3. The van der Waals surface area contributed by atoms with Crippen molar-refractivity contribution in [2.75, 3.05) is 11.9 Å². The van der Waals surface area contributed by atoms with Gasteiger partial charge in [-0.05, 0) is 25.5 Å². The van der Waals surface area contributed by atoms with E-state index in [1.165, 1.54) is 0 Å². The molecular weight excluding hydrogens is 258 g/mol. The van der Waals surface area contributed by atoms with Crippen LogP contribution in [0.5, 0.6) is 0 Å². The van der Waals surface area contributed by atoms with Crippen molar-refractivity contribution in [2.45, 2.75) is 25.8 Å². The van der Waals surface area contributed by atoms with E-state index in [0.717, 1.165) is 4.90 Å². The number of para-hydroxylation sites is 1. The summed E-state index contributed by atoms with van der Waals surface area (Å²) in [6, 6.07) is 8.36. The molecule has 6 nitrogen and oxygen atoms in total. The van der Waals surface area contributed by atoms with Crippen molar-refractivity contribution in [2.24, 2.45) is 0 Å². The van der Waals surface area contributed by atoms with Crippen molar-refractivity contribution >= 4 is 23.5 Å². The molecule has 0 aromatic heterocycles. The number of nitrogens with one attached hydrogen (secondary N) is 2. The van der Waals surface area contributed by atoms with E-state index in [4.69, 9.17) is 0 Å². The first-order valence-corrected chi connectivity index (χ1v) is 6.45. The number of rotatable bonds is 4. The fraction of sp³-hybridized carbons (Fsp3) is 0.357. The van der Waals surface area contributed by atoms with E-state index < -0.39 is 17.5 Å². The summed E-state index contributed by atoms with van der Waals surface area (Å²) in [4.78, 5) is 36.7. The zero-order valence-electron chi connectivity index (χ0n) is 11.5. The van der Waals surface area contributed by atoms with Crippen molar-refractivity contribution in [3.63, 3.8) is 0 Å². The number of benzene rings is 1. The second kappa shape index (κ2) is 5.32. The van der Waals surface area contributed by atoms with Gasteiger partial charge < -0.3 is 10.6 Å². The molecule has 0 aliphatic carbocycles. The van der Waals surface area contributed by atoms with Gasteiger partial charge in [0.1, 0.15) is 12.1 Å². The Bertz CT molecular complexity index is 544. The molecule has 1 aromatic rings. The third-order valence-electron chi connectivity index (χ3n) is 3.41. The molecule has 20 heavy (non-hydrogen) atoms. The molecule has 0 bridgehead atoms. The normalized spacial score (nSPS) is 21.8. The van der Waals surface area contributed by atoms with Crippen molar-refractivity contribution in [3.05, 3.63) is 30.3 Å². The Morgan fingerprint density at radius 3 is 2.50 bits per heavy atom. The number of hydrogen-bond donors (Lipinski definition) is 2. The van der Waals surface area contributed by atoms with Crippen LogP contribution in [-0.4, -0.2) is 34.8 Å². The predicted molar refractivity (Wildman–Crippen MR) is 74.0 cm³/mol. The number of urea groups is 1. The highest BCUT2D eigenvalue weighted by Gasteiger charge is 2.46. The summed E-state index contributed by atoms with van der Waals surface area (Å²) < 4.78 is 0. The van der Waals surface area contributed by atoms with Crippen LogP contribution in [0.2, 0.25) is 0 Å². The van der Waals surface area contributed by atoms with Crippen LogP contribution >= 0.6 is 0 Å². The Balaban J connectivity index is 2.02. The maximum Gasteiger partial charge on any atom is 0.325 e. The first kappa shape index (κ1) is 14.0. The van der Waals surface area contributed by atoms with Crippen LogP contribution in [0.1, 0.15) is 20.3 Å². The zero-order chi connectivity index (χ0) is 14.8. The number of nitrogens with zero attached hydrogens (tertiary/aromatic N) is 1. The van der Waals surface area contributed by atoms with Crippen molar-refractivity contribution in [3.8, 4) is 0 Å². The second-order valence-corrected chi connectivity index (χ2v) is 4.92. The quantitative estimate of drug-likeness (QED) is 0.814. The van der Waals surface area contributed by atoms with Gasteiger partial charge in [-0.3, -0.25) is 14.5 Å². The molecule has 1 aliphatic heterocycles. The minimum absolute atomic E-state index is 0.283. The molecule has 1 aliphatic rings. The predicted octanol–water partition coefficient (Wildman–Crippen LogP) is 1.35. The van der Waals surface area contributed by atoms with Crippen molar-refractivity contribution in [1.29, 1.82) is 0 Å². The standard InChI is InChI=1S/C14H17N3O3/c1-3-14(2)12(19)17(13(20)16-14)9-11(18)15-10-7-5-4-6-8-10/h4-8H,3,9H2,1-2H3,(H,15,18)(H,16,20)/t14-/m0/s1. The Morgan fingerprint density at radius 1 is 1.30 bits per heavy atom. The number of carbonyl (C=O) groups is 3. The van der Waals surface area contributed by atoms with E-state index in [1.807, 2.05) is 13.0 Å². The van der Waals surface area contributed by atoms with Gasteiger partial charge in [-0.25, -0.2) is 4.79 Å². The highest BCUT2D eigenvalue weighted by Crippen LogP contribution is 2.20. The summed E-state index contributed by atoms with van der Waals surface area (Å²) in [5.74, 6) is -0.770. The van der Waals surface area contributed by atoms with E-state index in [1.54, 1.807) is 31.2 Å². The van der Waals surface area contributed by atoms with E-state index in [0.29, 0.717) is 12.1 Å². The largest absolute Gasteiger partial charge is 0.325 e. The summed E-state index contributed by atoms with van der Waals surface area (Å²) in [5.41, 5.74) is -0.285. The average molecular weight is 275 g/mol. The zero-order valence-corrected chi connectivity index (χ0v) is 11.5. The Labute approximate surface area is 117 Å². The summed E-state index contributed by atoms with van der Waals surface area (Å²) in [5, 5.41) is 5.25. The molecule has 4 amide bonds. The molecule has 1 atom stereocenters. The van der Waals surface area contributed by atoms with Crippen LogP contribution in [0.3, 0.4) is 0 Å². The van der Waals surface area contributed by atoms with Crippen LogP contribution in [0.4, 0.5) is 10.5 Å². The molecule has 1 heterocycles. The van der Waals surface area contributed by atoms with Gasteiger partial charge in [-0.1, -0.05) is 25.1 Å². The number of anilines is 1. The second-order valence-electron chi connectivity index (χ2n) is 4.92. The molecule has 0 spiro atoms. The molecule has 0 radical (unpaired) electrons. The summed E-state index contributed by atoms with van der Waals surface area (Å²) in [7, 11) is 0. The molecule has 2 N–H and O–H groups in total. The van der Waals surface area contributed by atoms with Crippen LogP contribution in [-0.2, 0) is 9.59 Å². The van der Waals surface area contributed by atoms with E-state index in [9.17, 15) is 14.4 Å². The van der Waals surface area contributed by atoms with Gasteiger partial charge in [-0.15, -0.1) is 0 Å². The van der Waals surface area contributed by atoms with E-state index in [-0.39, 0.29) is 12.5 Å². The molecule has 1 saturated heterocycles. The van der Waals surface area contributed by atoms with Gasteiger partial charge in [0, 0.05) is 5.69 Å². The van der Waals surface area contributed by atoms with Gasteiger partial charge in [0.25, 0.3) is 5.91 Å². The van der Waals surface area contributed by atoms with Crippen LogP contribution in [0, 0.1) is 0 Å². The SMILES string of the molecule is CC[C@]1(C)NC(=O)N(CC(=O)Nc2ccccc2)C1=O. The fourth-order valence-corrected chi connectivity index (χ4v) is 2.00. The summed E-state index contributed by atoms with van der Waals surface area (Å²) in [6.45, 7) is 3.18. The number of carbonyl (C=O) groups excluding carboxylic acids is 3. The van der Waals surface area contributed by atoms with Gasteiger partial charge in [0.2, 0.25) is 5.91 Å². The monoisotopic (exact) mass is 275 g/mol. The minimum atomic E-state index is -0.913. The van der Waals surface area contributed by atoms with E-state index >= 15 is 0 Å². The van der Waals surface area contributed by atoms with E-state index in [2.05, 4.69) is 10.6 Å². The smallest absolute Gasteiger partial charge is 0.325 e. The summed E-state index contributed by atoms with van der Waals surface area (Å²) in [6.07, 6.45) is 0.481. The molecule has 106 valence electrons. The van der Waals surface area contributed by atoms with Crippen LogP contribution in [0.15, 0.2) is 30.3 Å². The highest BCUT2D eigenvalue weighted by molar-refractivity contribution is 6.09. The average Bonchev–Trinajstić information content (AvgIpc) is 2.64. The lowest BCUT2D eigenvalue weighted by atomic mass is 9.99. The fourth-order valence-electron chi connectivity index (χ4n) is 2.00. The van der Waals surface area contributed by atoms with Crippen LogP contribution in [0.25, 0.3) is 0 Å². The number of imide groups is 1. The molecule has 1 fully saturated rings. The van der Waals surface area contributed by atoms with Gasteiger partial charge in [0.05, 0.1) is 0 Å². The van der Waals surface area contributed by atoms with Gasteiger partial charge in [-0.2, -0.15) is 0 Å². The minimum Gasteiger partial charge on any atom is -0.325 e. The first-order valence-electron chi connectivity index (χ1n) is 6.45. The molecule has 2 rings (SSSR count). The summed E-state index contributed by atoms with van der Waals surface area (Å²) >= 11 is 0. The maximum absolute atomic E-state index is 12.1. The number of amides is 4. The van der Waals surface area contributed by atoms with Gasteiger partial charge in [0.15, 0.2) is 0 Å². The maximum atomic E-state index is 12.1. The lowest BCUT2D eigenvalue weighted by Crippen LogP contribution is -2.44. The lowest BCUT2D eigenvalue weighted by Gasteiger charge is -2.19. The van der Waals surface area contributed by atoms with Gasteiger partial charge >= 0.3 is 6.03 Å². The van der Waals surface area contributed by atoms with Crippen molar-refractivity contribution in [1.82, 2.24) is 10.2 Å². The third kappa shape index (κ3) is 2.64. The molecule has 1 aromatic carbocycles. The lowest BCUT2D eigenvalue weighted by molar-refractivity contribution is -0.133. The third-order valence-corrected chi connectivity index (χ3v) is 3.41.